The van der Waals surface area contributed by atoms with Crippen LogP contribution in [0.4, 0.5) is 0 Å². The lowest BCUT2D eigenvalue weighted by molar-refractivity contribution is -0.139. The van der Waals surface area contributed by atoms with Crippen LogP contribution in [0.3, 0.4) is 0 Å². The highest BCUT2D eigenvalue weighted by Gasteiger charge is 2.31. The minimum atomic E-state index is -3.60. The van der Waals surface area contributed by atoms with Crippen LogP contribution >= 0.6 is 0 Å². The van der Waals surface area contributed by atoms with Gasteiger partial charge in [-0.25, -0.2) is 12.7 Å². The third-order valence-electron chi connectivity index (χ3n) is 6.36. The summed E-state index contributed by atoms with van der Waals surface area (Å²) < 4.78 is 25.9. The molecule has 2 aromatic carbocycles. The zero-order chi connectivity index (χ0) is 25.1. The number of rotatable bonds is 7. The summed E-state index contributed by atoms with van der Waals surface area (Å²) in [5, 5.41) is 5.42. The first-order valence-corrected chi connectivity index (χ1v) is 12.8. The molecule has 2 amide bonds. The fourth-order valence-electron chi connectivity index (χ4n) is 4.00. The van der Waals surface area contributed by atoms with Crippen molar-refractivity contribution in [3.05, 3.63) is 65.2 Å². The molecule has 0 saturated heterocycles. The zero-order valence-corrected chi connectivity index (χ0v) is 21.3. The molecule has 0 fully saturated rings. The van der Waals surface area contributed by atoms with Gasteiger partial charge in [-0.3, -0.25) is 14.5 Å². The van der Waals surface area contributed by atoms with Gasteiger partial charge in [0.15, 0.2) is 0 Å². The van der Waals surface area contributed by atoms with Gasteiger partial charge in [-0.2, -0.15) is 0 Å². The van der Waals surface area contributed by atoms with E-state index in [0.717, 1.165) is 23.8 Å². The Morgan fingerprint density at radius 2 is 1.74 bits per heavy atom. The van der Waals surface area contributed by atoms with Crippen LogP contribution < -0.4 is 10.6 Å². The van der Waals surface area contributed by atoms with Crippen molar-refractivity contribution >= 4 is 21.8 Å². The summed E-state index contributed by atoms with van der Waals surface area (Å²) in [6, 6.07) is 14.2. The lowest BCUT2D eigenvalue weighted by Gasteiger charge is -2.41. The molecule has 184 valence electrons. The first-order valence-electron chi connectivity index (χ1n) is 11.3. The van der Waals surface area contributed by atoms with E-state index in [-0.39, 0.29) is 10.4 Å². The van der Waals surface area contributed by atoms with E-state index in [9.17, 15) is 18.0 Å². The van der Waals surface area contributed by atoms with Crippen molar-refractivity contribution in [3.63, 3.8) is 0 Å². The topological polar surface area (TPSA) is 98.8 Å². The second-order valence-electron chi connectivity index (χ2n) is 9.49. The molecule has 0 bridgehead atoms. The Kier molecular flexibility index (Phi) is 7.80. The maximum atomic E-state index is 12.5. The normalized spacial score (nSPS) is 15.5. The summed E-state index contributed by atoms with van der Waals surface area (Å²) in [6.07, 6.45) is 0.953. The van der Waals surface area contributed by atoms with E-state index >= 15 is 0 Å². The third kappa shape index (κ3) is 5.84. The van der Waals surface area contributed by atoms with E-state index in [1.165, 1.54) is 37.4 Å². The molecule has 2 N–H and O–H groups in total. The number of nitrogens with zero attached hydrogens (tertiary/aromatic N) is 2. The Labute approximate surface area is 202 Å². The number of sulfonamides is 1. The maximum absolute atomic E-state index is 12.5. The van der Waals surface area contributed by atoms with Gasteiger partial charge in [-0.05, 0) is 56.0 Å². The van der Waals surface area contributed by atoms with Gasteiger partial charge in [0, 0.05) is 39.3 Å². The highest BCUT2D eigenvalue weighted by Crippen LogP contribution is 2.25. The molecule has 0 aliphatic carbocycles. The predicted octanol–water partition coefficient (Wildman–Crippen LogP) is 2.07. The number of hydrogen-bond acceptors (Lipinski definition) is 5. The van der Waals surface area contributed by atoms with Crippen molar-refractivity contribution < 1.29 is 18.0 Å². The molecule has 1 aliphatic heterocycles. The Morgan fingerprint density at radius 1 is 1.06 bits per heavy atom. The van der Waals surface area contributed by atoms with E-state index in [2.05, 4.69) is 47.6 Å². The van der Waals surface area contributed by atoms with E-state index in [4.69, 9.17) is 0 Å². The SMILES string of the molecule is CC(NC(=O)C(=O)NCC(C)(C)N1CCc2ccccc2C1)c1cccc(S(=O)(=O)N(C)C)c1. The third-order valence-corrected chi connectivity index (χ3v) is 8.17. The fourth-order valence-corrected chi connectivity index (χ4v) is 4.96. The van der Waals surface area contributed by atoms with Crippen molar-refractivity contribution in [2.24, 2.45) is 0 Å². The maximum Gasteiger partial charge on any atom is 0.309 e. The molecule has 3 rings (SSSR count). The molecule has 1 atom stereocenters. The average Bonchev–Trinajstić information content (AvgIpc) is 2.82. The van der Waals surface area contributed by atoms with E-state index in [0.29, 0.717) is 12.1 Å². The molecular weight excluding hydrogens is 452 g/mol. The monoisotopic (exact) mass is 486 g/mol. The molecule has 34 heavy (non-hydrogen) atoms. The fraction of sp³-hybridized carbons (Fsp3) is 0.440. The van der Waals surface area contributed by atoms with Crippen LogP contribution in [0, 0.1) is 0 Å². The first kappa shape index (κ1) is 25.9. The number of fused-ring (bicyclic) bond motifs is 1. The molecule has 2 aromatic rings. The van der Waals surface area contributed by atoms with Crippen LogP contribution in [0.2, 0.25) is 0 Å². The van der Waals surface area contributed by atoms with Crippen LogP contribution in [-0.4, -0.2) is 62.2 Å². The Hall–Kier alpha value is -2.75. The number of nitrogens with one attached hydrogen (secondary N) is 2. The van der Waals surface area contributed by atoms with Gasteiger partial charge in [-0.15, -0.1) is 0 Å². The summed E-state index contributed by atoms with van der Waals surface area (Å²) in [4.78, 5) is 27.5. The number of carbonyl (C=O) groups is 2. The van der Waals surface area contributed by atoms with Crippen molar-refractivity contribution in [3.8, 4) is 0 Å². The molecule has 1 unspecified atom stereocenters. The zero-order valence-electron chi connectivity index (χ0n) is 20.5. The van der Waals surface area contributed by atoms with Gasteiger partial charge in [-0.1, -0.05) is 36.4 Å². The smallest absolute Gasteiger partial charge is 0.309 e. The summed E-state index contributed by atoms with van der Waals surface area (Å²) >= 11 is 0. The van der Waals surface area contributed by atoms with Crippen molar-refractivity contribution in [2.45, 2.75) is 50.2 Å². The van der Waals surface area contributed by atoms with Crippen molar-refractivity contribution in [2.75, 3.05) is 27.2 Å². The van der Waals surface area contributed by atoms with E-state index in [1.807, 2.05) is 6.07 Å². The Bertz CT molecular complexity index is 1160. The van der Waals surface area contributed by atoms with Gasteiger partial charge >= 0.3 is 11.8 Å². The molecule has 0 spiro atoms. The largest absolute Gasteiger partial charge is 0.346 e. The van der Waals surface area contributed by atoms with Crippen molar-refractivity contribution in [1.82, 2.24) is 19.8 Å². The molecule has 1 aliphatic rings. The minimum Gasteiger partial charge on any atom is -0.346 e. The number of benzene rings is 2. The van der Waals surface area contributed by atoms with Crippen LogP contribution in [0.1, 0.15) is 43.5 Å². The average molecular weight is 487 g/mol. The van der Waals surface area contributed by atoms with Crippen LogP contribution in [0.15, 0.2) is 53.4 Å². The standard InChI is InChI=1S/C25H34N4O4S/c1-18(20-11-8-12-22(15-20)34(32,33)28(4)5)27-24(31)23(30)26-17-25(2,3)29-14-13-19-9-6-7-10-21(19)16-29/h6-12,15,18H,13-14,16-17H2,1-5H3,(H,26,30)(H,27,31). The summed E-state index contributed by atoms with van der Waals surface area (Å²) in [7, 11) is -0.675. The highest BCUT2D eigenvalue weighted by atomic mass is 32.2. The van der Waals surface area contributed by atoms with Gasteiger partial charge in [0.2, 0.25) is 10.0 Å². The summed E-state index contributed by atoms with van der Waals surface area (Å²) in [6.45, 7) is 7.83. The van der Waals surface area contributed by atoms with Crippen LogP contribution in [-0.2, 0) is 32.6 Å². The second kappa shape index (κ2) is 10.2. The van der Waals surface area contributed by atoms with Gasteiger partial charge in [0.25, 0.3) is 0 Å². The summed E-state index contributed by atoms with van der Waals surface area (Å²) in [5.41, 5.74) is 2.91. The first-order chi connectivity index (χ1) is 15.9. The van der Waals surface area contributed by atoms with Gasteiger partial charge in [0.1, 0.15) is 0 Å². The van der Waals surface area contributed by atoms with E-state index in [1.54, 1.807) is 19.1 Å². The Balaban J connectivity index is 1.57. The molecule has 0 radical (unpaired) electrons. The number of amides is 2. The Morgan fingerprint density at radius 3 is 2.41 bits per heavy atom. The highest BCUT2D eigenvalue weighted by molar-refractivity contribution is 7.89. The van der Waals surface area contributed by atoms with Gasteiger partial charge in [0.05, 0.1) is 10.9 Å². The molecule has 0 aromatic heterocycles. The minimum absolute atomic E-state index is 0.130. The second-order valence-corrected chi connectivity index (χ2v) is 11.6. The van der Waals surface area contributed by atoms with Crippen LogP contribution in [0.25, 0.3) is 0 Å². The summed E-state index contributed by atoms with van der Waals surface area (Å²) in [5.74, 6) is -1.47. The molecular formula is C25H34N4O4S. The van der Waals surface area contributed by atoms with E-state index < -0.39 is 27.9 Å². The molecule has 1 heterocycles. The molecule has 8 nitrogen and oxygen atoms in total. The quantitative estimate of drug-likeness (QED) is 0.584. The lowest BCUT2D eigenvalue weighted by atomic mass is 9.94. The molecule has 0 saturated carbocycles. The van der Waals surface area contributed by atoms with Crippen molar-refractivity contribution in [1.29, 1.82) is 0 Å². The predicted molar refractivity (Wildman–Crippen MR) is 132 cm³/mol. The number of hydrogen-bond donors (Lipinski definition) is 2. The molecule has 9 heteroatoms. The van der Waals surface area contributed by atoms with Crippen LogP contribution in [0.5, 0.6) is 0 Å². The lowest BCUT2D eigenvalue weighted by Crippen LogP contribution is -2.54. The number of carbonyl (C=O) groups excluding carboxylic acids is 2. The van der Waals surface area contributed by atoms with Gasteiger partial charge < -0.3 is 10.6 Å².